The Labute approximate surface area is 81.3 Å². The Kier molecular flexibility index (Phi) is 3.48. The molecule has 0 N–H and O–H groups in total. The van der Waals surface area contributed by atoms with Crippen LogP contribution in [0.25, 0.3) is 0 Å². The molecule has 1 rings (SSSR count). The summed E-state index contributed by atoms with van der Waals surface area (Å²) in [6.45, 7) is 9.80. The third-order valence-electron chi connectivity index (χ3n) is 2.94. The minimum Gasteiger partial charge on any atom is -0.300 e. The summed E-state index contributed by atoms with van der Waals surface area (Å²) in [4.78, 5) is 13.8. The van der Waals surface area contributed by atoms with Crippen LogP contribution in [0.5, 0.6) is 0 Å². The van der Waals surface area contributed by atoms with Crippen molar-refractivity contribution >= 4 is 5.78 Å². The molecule has 1 saturated heterocycles. The lowest BCUT2D eigenvalue weighted by molar-refractivity contribution is -0.124. The highest BCUT2D eigenvalue weighted by Gasteiger charge is 2.30. The lowest BCUT2D eigenvalue weighted by atomic mass is 9.91. The largest absolute Gasteiger partial charge is 0.300 e. The molecule has 0 aromatic carbocycles. The zero-order valence-electron chi connectivity index (χ0n) is 9.21. The molecule has 76 valence electrons. The van der Waals surface area contributed by atoms with Crippen LogP contribution in [0.2, 0.25) is 0 Å². The first-order valence-electron chi connectivity index (χ1n) is 5.29. The van der Waals surface area contributed by atoms with E-state index in [1.54, 1.807) is 0 Å². The molecule has 2 heteroatoms. The third-order valence-corrected chi connectivity index (χ3v) is 2.94. The Morgan fingerprint density at radius 3 is 2.38 bits per heavy atom. The zero-order valence-corrected chi connectivity index (χ0v) is 9.21. The average molecular weight is 183 g/mol. The second-order valence-corrected chi connectivity index (χ2v) is 4.64. The predicted octanol–water partition coefficient (Wildman–Crippen LogP) is 2.08. The quantitative estimate of drug-likeness (QED) is 0.653. The molecule has 13 heavy (non-hydrogen) atoms. The van der Waals surface area contributed by atoms with Crippen molar-refractivity contribution in [3.63, 3.8) is 0 Å². The van der Waals surface area contributed by atoms with Crippen molar-refractivity contribution in [2.24, 2.45) is 5.92 Å². The Hall–Kier alpha value is -0.370. The van der Waals surface area contributed by atoms with Gasteiger partial charge in [0.15, 0.2) is 0 Å². The molecular weight excluding hydrogens is 162 g/mol. The number of carbonyl (C=O) groups is 1. The van der Waals surface area contributed by atoms with Gasteiger partial charge in [0.1, 0.15) is 5.78 Å². The Balaban J connectivity index is 2.66. The summed E-state index contributed by atoms with van der Waals surface area (Å²) < 4.78 is 0. The summed E-state index contributed by atoms with van der Waals surface area (Å²) in [6, 6.07) is 1.04. The summed E-state index contributed by atoms with van der Waals surface area (Å²) in [5, 5.41) is 0. The van der Waals surface area contributed by atoms with Crippen molar-refractivity contribution in [2.45, 2.75) is 52.6 Å². The van der Waals surface area contributed by atoms with E-state index < -0.39 is 0 Å². The van der Waals surface area contributed by atoms with Gasteiger partial charge >= 0.3 is 0 Å². The summed E-state index contributed by atoms with van der Waals surface area (Å²) >= 11 is 0. The van der Waals surface area contributed by atoms with Crippen LogP contribution in [-0.2, 0) is 4.79 Å². The number of carbonyl (C=O) groups excluding carboxylic acids is 1. The topological polar surface area (TPSA) is 20.3 Å². The van der Waals surface area contributed by atoms with Crippen LogP contribution >= 0.6 is 0 Å². The number of hydrogen-bond acceptors (Lipinski definition) is 2. The molecular formula is C11H21NO. The number of rotatable bonds is 2. The molecule has 0 spiro atoms. The first kappa shape index (κ1) is 10.7. The highest BCUT2D eigenvalue weighted by atomic mass is 16.1. The normalized spacial score (nSPS) is 26.0. The zero-order chi connectivity index (χ0) is 10.0. The Bertz CT molecular complexity index is 187. The fraction of sp³-hybridized carbons (Fsp3) is 0.909. The monoisotopic (exact) mass is 183 g/mol. The van der Waals surface area contributed by atoms with Gasteiger partial charge < -0.3 is 0 Å². The second-order valence-electron chi connectivity index (χ2n) is 4.64. The summed E-state index contributed by atoms with van der Waals surface area (Å²) in [5.41, 5.74) is 0. The van der Waals surface area contributed by atoms with Crippen LogP contribution in [0.3, 0.4) is 0 Å². The molecule has 0 saturated carbocycles. The van der Waals surface area contributed by atoms with E-state index in [9.17, 15) is 4.79 Å². The van der Waals surface area contributed by atoms with E-state index in [0.29, 0.717) is 23.8 Å². The van der Waals surface area contributed by atoms with E-state index in [1.165, 1.54) is 0 Å². The number of ketones is 1. The number of Topliss-reactive ketones (excluding diaryl/α,β-unsaturated/α-hetero) is 1. The molecule has 0 aromatic rings. The molecule has 0 amide bonds. The molecule has 0 radical (unpaired) electrons. The van der Waals surface area contributed by atoms with Gasteiger partial charge in [-0.2, -0.15) is 0 Å². The van der Waals surface area contributed by atoms with E-state index in [1.807, 2.05) is 0 Å². The van der Waals surface area contributed by atoms with Crippen molar-refractivity contribution in [3.8, 4) is 0 Å². The van der Waals surface area contributed by atoms with Crippen LogP contribution in [0.15, 0.2) is 0 Å². The van der Waals surface area contributed by atoms with Crippen LogP contribution in [0, 0.1) is 5.92 Å². The molecule has 1 unspecified atom stereocenters. The predicted molar refractivity (Wildman–Crippen MR) is 54.7 cm³/mol. The van der Waals surface area contributed by atoms with Gasteiger partial charge in [0.05, 0.1) is 0 Å². The van der Waals surface area contributed by atoms with Crippen molar-refractivity contribution in [1.82, 2.24) is 4.90 Å². The van der Waals surface area contributed by atoms with Crippen molar-refractivity contribution < 1.29 is 4.79 Å². The average Bonchev–Trinajstić information content (AvgIpc) is 2.03. The molecule has 1 heterocycles. The fourth-order valence-corrected chi connectivity index (χ4v) is 2.13. The van der Waals surface area contributed by atoms with Gasteiger partial charge in [-0.3, -0.25) is 9.69 Å². The highest BCUT2D eigenvalue weighted by molar-refractivity contribution is 5.80. The first-order chi connectivity index (χ1) is 6.02. The van der Waals surface area contributed by atoms with Crippen molar-refractivity contribution in [3.05, 3.63) is 0 Å². The van der Waals surface area contributed by atoms with E-state index in [-0.39, 0.29) is 0 Å². The van der Waals surface area contributed by atoms with E-state index in [4.69, 9.17) is 0 Å². The van der Waals surface area contributed by atoms with Gasteiger partial charge in [-0.25, -0.2) is 0 Å². The molecule has 0 aliphatic carbocycles. The SMILES string of the molecule is CC(C)C1CC(=O)CCN1C(C)C. The number of likely N-dealkylation sites (tertiary alicyclic amines) is 1. The van der Waals surface area contributed by atoms with E-state index in [2.05, 4.69) is 32.6 Å². The Morgan fingerprint density at radius 1 is 1.31 bits per heavy atom. The van der Waals surface area contributed by atoms with Crippen LogP contribution in [0.1, 0.15) is 40.5 Å². The highest BCUT2D eigenvalue weighted by Crippen LogP contribution is 2.22. The summed E-state index contributed by atoms with van der Waals surface area (Å²) in [6.07, 6.45) is 1.51. The first-order valence-corrected chi connectivity index (χ1v) is 5.29. The lowest BCUT2D eigenvalue weighted by Crippen LogP contribution is -2.48. The van der Waals surface area contributed by atoms with Crippen LogP contribution in [0.4, 0.5) is 0 Å². The molecule has 1 aliphatic heterocycles. The summed E-state index contributed by atoms with van der Waals surface area (Å²) in [7, 11) is 0. The molecule has 1 aliphatic rings. The lowest BCUT2D eigenvalue weighted by Gasteiger charge is -2.40. The van der Waals surface area contributed by atoms with E-state index in [0.717, 1.165) is 19.4 Å². The van der Waals surface area contributed by atoms with E-state index >= 15 is 0 Å². The van der Waals surface area contributed by atoms with Gasteiger partial charge in [-0.1, -0.05) is 13.8 Å². The van der Waals surface area contributed by atoms with Crippen LogP contribution in [-0.4, -0.2) is 29.3 Å². The molecule has 1 fully saturated rings. The van der Waals surface area contributed by atoms with Gasteiger partial charge in [-0.05, 0) is 19.8 Å². The molecule has 0 aromatic heterocycles. The molecule has 0 bridgehead atoms. The molecule has 1 atom stereocenters. The smallest absolute Gasteiger partial charge is 0.135 e. The van der Waals surface area contributed by atoms with Gasteiger partial charge in [0, 0.05) is 31.5 Å². The summed E-state index contributed by atoms with van der Waals surface area (Å²) in [5.74, 6) is 1.03. The minimum absolute atomic E-state index is 0.440. The number of nitrogens with zero attached hydrogens (tertiary/aromatic N) is 1. The number of hydrogen-bond donors (Lipinski definition) is 0. The maximum atomic E-state index is 11.3. The van der Waals surface area contributed by atoms with Gasteiger partial charge in [0.25, 0.3) is 0 Å². The van der Waals surface area contributed by atoms with Gasteiger partial charge in [0.2, 0.25) is 0 Å². The second kappa shape index (κ2) is 4.23. The third kappa shape index (κ3) is 2.53. The maximum absolute atomic E-state index is 11.3. The fourth-order valence-electron chi connectivity index (χ4n) is 2.13. The number of piperidine rings is 1. The van der Waals surface area contributed by atoms with Crippen LogP contribution < -0.4 is 0 Å². The standard InChI is InChI=1S/C11H21NO/c1-8(2)11-7-10(13)5-6-12(11)9(3)4/h8-9,11H,5-7H2,1-4H3. The maximum Gasteiger partial charge on any atom is 0.135 e. The minimum atomic E-state index is 0.440. The van der Waals surface area contributed by atoms with Gasteiger partial charge in [-0.15, -0.1) is 0 Å². The Morgan fingerprint density at radius 2 is 1.92 bits per heavy atom. The molecule has 2 nitrogen and oxygen atoms in total. The van der Waals surface area contributed by atoms with Crippen molar-refractivity contribution in [1.29, 1.82) is 0 Å². The van der Waals surface area contributed by atoms with Crippen molar-refractivity contribution in [2.75, 3.05) is 6.54 Å².